The average Bonchev–Trinajstić information content (AvgIpc) is 3.00. The van der Waals surface area contributed by atoms with Gasteiger partial charge in [0.05, 0.1) is 12.6 Å². The quantitative estimate of drug-likeness (QED) is 0.643. The maximum atomic E-state index is 11.9. The number of nitrogens with zero attached hydrogens (tertiary/aromatic N) is 1. The molecule has 0 fully saturated rings. The molecule has 0 saturated carbocycles. The third-order valence-corrected chi connectivity index (χ3v) is 4.11. The number of carbonyl (C=O) groups excluding carboxylic acids is 1. The zero-order valence-corrected chi connectivity index (χ0v) is 15.0. The summed E-state index contributed by atoms with van der Waals surface area (Å²) in [5, 5.41) is 12.8. The van der Waals surface area contributed by atoms with Crippen molar-refractivity contribution in [2.45, 2.75) is 33.2 Å². The lowest BCUT2D eigenvalue weighted by molar-refractivity contribution is -0.137. The second kappa shape index (κ2) is 8.92. The van der Waals surface area contributed by atoms with Crippen LogP contribution in [0.3, 0.4) is 0 Å². The van der Waals surface area contributed by atoms with Gasteiger partial charge in [-0.05, 0) is 36.6 Å². The SMILES string of the molecule is CCc1cc2c([O])cccc2n1CCc1ccccc1.COC(C)=O. The van der Waals surface area contributed by atoms with Gasteiger partial charge in [-0.2, -0.15) is 0 Å². The molecule has 2 aromatic carbocycles. The number of fused-ring (bicyclic) bond motifs is 1. The third kappa shape index (κ3) is 4.86. The lowest BCUT2D eigenvalue weighted by Crippen LogP contribution is -2.04. The Bertz CT molecular complexity index is 822. The van der Waals surface area contributed by atoms with E-state index in [1.54, 1.807) is 6.07 Å². The zero-order chi connectivity index (χ0) is 18.2. The van der Waals surface area contributed by atoms with E-state index in [4.69, 9.17) is 0 Å². The zero-order valence-electron chi connectivity index (χ0n) is 15.0. The second-order valence-corrected chi connectivity index (χ2v) is 5.76. The van der Waals surface area contributed by atoms with E-state index < -0.39 is 0 Å². The van der Waals surface area contributed by atoms with E-state index in [1.165, 1.54) is 25.3 Å². The van der Waals surface area contributed by atoms with Crippen molar-refractivity contribution in [2.24, 2.45) is 0 Å². The smallest absolute Gasteiger partial charge is 0.302 e. The molecule has 0 bridgehead atoms. The number of carbonyl (C=O) groups is 1. The summed E-state index contributed by atoms with van der Waals surface area (Å²) in [5.41, 5.74) is 3.62. The van der Waals surface area contributed by atoms with Crippen molar-refractivity contribution in [1.82, 2.24) is 4.57 Å². The van der Waals surface area contributed by atoms with Gasteiger partial charge in [-0.25, -0.2) is 0 Å². The van der Waals surface area contributed by atoms with Gasteiger partial charge in [0.15, 0.2) is 5.75 Å². The predicted octanol–water partition coefficient (Wildman–Crippen LogP) is 4.77. The molecule has 4 nitrogen and oxygen atoms in total. The van der Waals surface area contributed by atoms with Gasteiger partial charge >= 0.3 is 5.97 Å². The van der Waals surface area contributed by atoms with Gasteiger partial charge in [-0.15, -0.1) is 0 Å². The molecular weight excluding hydrogens is 314 g/mol. The van der Waals surface area contributed by atoms with E-state index in [0.717, 1.165) is 30.3 Å². The molecule has 0 aliphatic carbocycles. The van der Waals surface area contributed by atoms with E-state index >= 15 is 0 Å². The summed E-state index contributed by atoms with van der Waals surface area (Å²) in [6.07, 6.45) is 1.93. The Morgan fingerprint density at radius 3 is 2.36 bits per heavy atom. The van der Waals surface area contributed by atoms with Gasteiger partial charge in [0.1, 0.15) is 0 Å². The van der Waals surface area contributed by atoms with Crippen LogP contribution in [0.1, 0.15) is 25.1 Å². The summed E-state index contributed by atoms with van der Waals surface area (Å²) in [4.78, 5) is 9.59. The largest absolute Gasteiger partial charge is 0.469 e. The summed E-state index contributed by atoms with van der Waals surface area (Å²) in [6, 6.07) is 18.1. The standard InChI is InChI=1S/C18H18NO.C3H6O2/c1-2-15-13-16-17(9-6-10-18(16)20)19(15)12-11-14-7-4-3-5-8-14;1-3(4)5-2/h3-10,13H,2,11-12H2,1H3;1-2H3. The minimum Gasteiger partial charge on any atom is -0.469 e. The first-order valence-electron chi connectivity index (χ1n) is 8.43. The number of esters is 1. The highest BCUT2D eigenvalue weighted by Crippen LogP contribution is 2.28. The minimum atomic E-state index is -0.245. The molecule has 1 heterocycles. The first-order chi connectivity index (χ1) is 12.1. The number of methoxy groups -OCH3 is 1. The number of hydrogen-bond acceptors (Lipinski definition) is 2. The molecule has 131 valence electrons. The van der Waals surface area contributed by atoms with Crippen molar-refractivity contribution in [3.8, 4) is 5.75 Å². The summed E-state index contributed by atoms with van der Waals surface area (Å²) in [7, 11) is 1.35. The molecule has 1 aromatic heterocycles. The van der Waals surface area contributed by atoms with Gasteiger partial charge < -0.3 is 9.30 Å². The lowest BCUT2D eigenvalue weighted by Gasteiger charge is -2.09. The number of benzene rings is 2. The highest BCUT2D eigenvalue weighted by atomic mass is 16.5. The van der Waals surface area contributed by atoms with Crippen molar-refractivity contribution in [3.05, 3.63) is 65.9 Å². The lowest BCUT2D eigenvalue weighted by atomic mass is 10.1. The molecule has 3 rings (SSSR count). The van der Waals surface area contributed by atoms with Gasteiger partial charge in [0.2, 0.25) is 0 Å². The van der Waals surface area contributed by atoms with E-state index in [-0.39, 0.29) is 11.7 Å². The van der Waals surface area contributed by atoms with Crippen LogP contribution in [0.5, 0.6) is 5.75 Å². The number of hydrogen-bond donors (Lipinski definition) is 0. The first-order valence-corrected chi connectivity index (χ1v) is 8.43. The van der Waals surface area contributed by atoms with Gasteiger partial charge in [-0.1, -0.05) is 43.3 Å². The number of aromatic nitrogens is 1. The van der Waals surface area contributed by atoms with Crippen molar-refractivity contribution in [3.63, 3.8) is 0 Å². The van der Waals surface area contributed by atoms with Crippen LogP contribution in [0.2, 0.25) is 0 Å². The molecule has 0 aliphatic rings. The third-order valence-electron chi connectivity index (χ3n) is 4.11. The van der Waals surface area contributed by atoms with Crippen molar-refractivity contribution in [1.29, 1.82) is 0 Å². The van der Waals surface area contributed by atoms with Gasteiger partial charge in [-0.3, -0.25) is 9.90 Å². The Hall–Kier alpha value is -2.75. The van der Waals surface area contributed by atoms with Crippen LogP contribution in [-0.4, -0.2) is 17.6 Å². The highest BCUT2D eigenvalue weighted by Gasteiger charge is 2.10. The summed E-state index contributed by atoms with van der Waals surface area (Å²) in [6.45, 7) is 4.41. The topological polar surface area (TPSA) is 51.1 Å². The Labute approximate surface area is 148 Å². The van der Waals surface area contributed by atoms with E-state index in [9.17, 15) is 9.90 Å². The van der Waals surface area contributed by atoms with Crippen LogP contribution in [-0.2, 0) is 34.0 Å². The first kappa shape index (κ1) is 18.6. The number of rotatable bonds is 4. The molecule has 4 heteroatoms. The maximum Gasteiger partial charge on any atom is 0.302 e. The summed E-state index contributed by atoms with van der Waals surface area (Å²) in [5.74, 6) is -0.124. The molecule has 0 atom stereocenters. The van der Waals surface area contributed by atoms with Crippen molar-refractivity contribution < 1.29 is 14.6 Å². The van der Waals surface area contributed by atoms with Gasteiger partial charge in [0.25, 0.3) is 0 Å². The van der Waals surface area contributed by atoms with Crippen LogP contribution in [0.4, 0.5) is 0 Å². The summed E-state index contributed by atoms with van der Waals surface area (Å²) >= 11 is 0. The monoisotopic (exact) mass is 338 g/mol. The molecule has 25 heavy (non-hydrogen) atoms. The molecule has 0 aliphatic heterocycles. The van der Waals surface area contributed by atoms with Crippen LogP contribution in [0, 0.1) is 0 Å². The molecule has 1 radical (unpaired) electrons. The maximum absolute atomic E-state index is 11.9. The Morgan fingerprint density at radius 1 is 1.08 bits per heavy atom. The molecule has 0 saturated heterocycles. The molecule has 3 aromatic rings. The average molecular weight is 338 g/mol. The normalized spacial score (nSPS) is 10.2. The predicted molar refractivity (Wildman–Crippen MR) is 99.3 cm³/mol. The number of ether oxygens (including phenoxy) is 1. The number of aryl methyl sites for hydroxylation is 3. The van der Waals surface area contributed by atoms with Crippen molar-refractivity contribution in [2.75, 3.05) is 7.11 Å². The Balaban J connectivity index is 0.000000399. The van der Waals surface area contributed by atoms with E-state index in [1.807, 2.05) is 24.3 Å². The van der Waals surface area contributed by atoms with Crippen LogP contribution in [0.15, 0.2) is 54.6 Å². The molecule has 0 unspecified atom stereocenters. The fourth-order valence-corrected chi connectivity index (χ4v) is 2.75. The molecular formula is C21H24NO3. The fraction of sp³-hybridized carbons (Fsp3) is 0.286. The minimum absolute atomic E-state index is 0.121. The van der Waals surface area contributed by atoms with E-state index in [0.29, 0.717) is 0 Å². The van der Waals surface area contributed by atoms with E-state index in [2.05, 4.69) is 40.5 Å². The fourth-order valence-electron chi connectivity index (χ4n) is 2.75. The Kier molecular flexibility index (Phi) is 6.63. The highest BCUT2D eigenvalue weighted by molar-refractivity contribution is 5.87. The molecule has 0 spiro atoms. The van der Waals surface area contributed by atoms with Crippen LogP contribution in [0.25, 0.3) is 10.9 Å². The molecule has 0 amide bonds. The Morgan fingerprint density at radius 2 is 1.76 bits per heavy atom. The molecule has 0 N–H and O–H groups in total. The van der Waals surface area contributed by atoms with Crippen molar-refractivity contribution >= 4 is 16.9 Å². The van der Waals surface area contributed by atoms with Gasteiger partial charge in [0, 0.05) is 24.5 Å². The second-order valence-electron chi connectivity index (χ2n) is 5.76. The van der Waals surface area contributed by atoms with Crippen LogP contribution < -0.4 is 0 Å². The van der Waals surface area contributed by atoms with Crippen LogP contribution >= 0.6 is 0 Å². The summed E-state index contributed by atoms with van der Waals surface area (Å²) < 4.78 is 6.39.